The van der Waals surface area contributed by atoms with Crippen LogP contribution in [0.4, 0.5) is 10.1 Å². The van der Waals surface area contributed by atoms with Crippen LogP contribution >= 0.6 is 23.1 Å². The van der Waals surface area contributed by atoms with Gasteiger partial charge in [0.2, 0.25) is 5.91 Å². The Bertz CT molecular complexity index is 1120. The summed E-state index contributed by atoms with van der Waals surface area (Å²) in [4.78, 5) is 32.2. The molecule has 8 heteroatoms. The van der Waals surface area contributed by atoms with E-state index in [1.165, 1.54) is 47.4 Å². The molecule has 0 saturated carbocycles. The number of aryl methyl sites for hydroxylation is 2. The second kappa shape index (κ2) is 8.92. The maximum atomic E-state index is 13.1. The van der Waals surface area contributed by atoms with E-state index in [4.69, 9.17) is 4.98 Å². The highest BCUT2D eigenvalue weighted by Crippen LogP contribution is 2.30. The van der Waals surface area contributed by atoms with Crippen LogP contribution in [0.15, 0.2) is 46.9 Å². The van der Waals surface area contributed by atoms with Crippen molar-refractivity contribution in [1.82, 2.24) is 9.55 Å². The van der Waals surface area contributed by atoms with Crippen molar-refractivity contribution in [2.45, 2.75) is 44.1 Å². The highest BCUT2D eigenvalue weighted by molar-refractivity contribution is 8.00. The van der Waals surface area contributed by atoms with E-state index in [1.54, 1.807) is 10.6 Å². The number of carbonyl (C=O) groups is 1. The summed E-state index contributed by atoms with van der Waals surface area (Å²) in [6, 6.07) is 5.62. The SMILES string of the molecule is C=CCn1c(S[C@H](CC)C(=O)Nc2ccc(F)cc2)nc2sc(C)c(C)c2c1=O. The number of hydrogen-bond donors (Lipinski definition) is 1. The molecule has 0 aliphatic carbocycles. The third-order valence-electron chi connectivity index (χ3n) is 4.59. The molecule has 0 radical (unpaired) electrons. The normalized spacial score (nSPS) is 12.1. The number of carbonyl (C=O) groups excluding carboxylic acids is 1. The fraction of sp³-hybridized carbons (Fsp3) is 0.286. The van der Waals surface area contributed by atoms with Crippen LogP contribution < -0.4 is 10.9 Å². The topological polar surface area (TPSA) is 64.0 Å². The maximum Gasteiger partial charge on any atom is 0.263 e. The number of thioether (sulfide) groups is 1. The molecular formula is C21H22FN3O2S2. The van der Waals surface area contributed by atoms with Crippen LogP contribution in [0.5, 0.6) is 0 Å². The lowest BCUT2D eigenvalue weighted by Crippen LogP contribution is -2.28. The summed E-state index contributed by atoms with van der Waals surface area (Å²) in [6.07, 6.45) is 2.19. The van der Waals surface area contributed by atoms with Gasteiger partial charge in [-0.15, -0.1) is 17.9 Å². The molecule has 0 bridgehead atoms. The Morgan fingerprint density at radius 2 is 2.07 bits per heavy atom. The van der Waals surface area contributed by atoms with Gasteiger partial charge in [0.05, 0.1) is 10.6 Å². The van der Waals surface area contributed by atoms with Crippen molar-refractivity contribution in [3.63, 3.8) is 0 Å². The van der Waals surface area contributed by atoms with E-state index in [1.807, 2.05) is 20.8 Å². The zero-order chi connectivity index (χ0) is 21.1. The fourth-order valence-electron chi connectivity index (χ4n) is 2.89. The van der Waals surface area contributed by atoms with Crippen molar-refractivity contribution in [1.29, 1.82) is 0 Å². The molecule has 2 heterocycles. The maximum absolute atomic E-state index is 13.1. The molecule has 1 aromatic carbocycles. The zero-order valence-corrected chi connectivity index (χ0v) is 18.1. The van der Waals surface area contributed by atoms with E-state index in [0.29, 0.717) is 34.0 Å². The molecular weight excluding hydrogens is 409 g/mol. The van der Waals surface area contributed by atoms with Gasteiger partial charge in [-0.05, 0) is 50.1 Å². The summed E-state index contributed by atoms with van der Waals surface area (Å²) in [6.45, 7) is 9.84. The fourth-order valence-corrected chi connectivity index (χ4v) is 4.99. The molecule has 0 fully saturated rings. The first-order valence-corrected chi connectivity index (χ1v) is 10.9. The van der Waals surface area contributed by atoms with Gasteiger partial charge in [-0.3, -0.25) is 14.2 Å². The van der Waals surface area contributed by atoms with Gasteiger partial charge in [-0.25, -0.2) is 9.37 Å². The largest absolute Gasteiger partial charge is 0.325 e. The van der Waals surface area contributed by atoms with E-state index in [9.17, 15) is 14.0 Å². The third-order valence-corrected chi connectivity index (χ3v) is 7.04. The number of rotatable bonds is 7. The first kappa shape index (κ1) is 21.3. The molecule has 3 rings (SSSR count). The minimum atomic E-state index is -0.456. The van der Waals surface area contributed by atoms with E-state index < -0.39 is 5.25 Å². The number of thiophene rings is 1. The average molecular weight is 432 g/mol. The van der Waals surface area contributed by atoms with Crippen LogP contribution in [-0.4, -0.2) is 20.7 Å². The van der Waals surface area contributed by atoms with Gasteiger partial charge in [-0.1, -0.05) is 24.8 Å². The van der Waals surface area contributed by atoms with Gasteiger partial charge in [0, 0.05) is 17.1 Å². The molecule has 1 atom stereocenters. The number of aromatic nitrogens is 2. The van der Waals surface area contributed by atoms with Crippen molar-refractivity contribution >= 4 is 44.9 Å². The van der Waals surface area contributed by atoms with E-state index in [0.717, 1.165) is 10.4 Å². The van der Waals surface area contributed by atoms with E-state index >= 15 is 0 Å². The molecule has 1 N–H and O–H groups in total. The molecule has 1 amide bonds. The summed E-state index contributed by atoms with van der Waals surface area (Å²) in [5.41, 5.74) is 1.35. The molecule has 29 heavy (non-hydrogen) atoms. The molecule has 0 saturated heterocycles. The van der Waals surface area contributed by atoms with Crippen LogP contribution in [0.1, 0.15) is 23.8 Å². The number of hydrogen-bond acceptors (Lipinski definition) is 5. The number of nitrogens with one attached hydrogen (secondary N) is 1. The quantitative estimate of drug-likeness (QED) is 0.328. The molecule has 0 unspecified atom stereocenters. The highest BCUT2D eigenvalue weighted by atomic mass is 32.2. The Balaban J connectivity index is 1.94. The molecule has 152 valence electrons. The standard InChI is InChI=1S/C21H22FN3O2S2/c1-5-11-25-20(27)17-12(3)13(4)28-19(17)24-21(25)29-16(6-2)18(26)23-15-9-7-14(22)8-10-15/h5,7-10,16H,1,6,11H2,2-4H3,(H,23,26)/t16-/m1/s1. The summed E-state index contributed by atoms with van der Waals surface area (Å²) in [5, 5.41) is 3.46. The van der Waals surface area contributed by atoms with Gasteiger partial charge in [0.15, 0.2) is 5.16 Å². The first-order valence-electron chi connectivity index (χ1n) is 9.20. The van der Waals surface area contributed by atoms with Gasteiger partial charge in [0.25, 0.3) is 5.56 Å². The van der Waals surface area contributed by atoms with E-state index in [-0.39, 0.29) is 17.3 Å². The molecule has 2 aromatic heterocycles. The second-order valence-corrected chi connectivity index (χ2v) is 8.95. The first-order chi connectivity index (χ1) is 13.8. The second-order valence-electron chi connectivity index (χ2n) is 6.57. The Kier molecular flexibility index (Phi) is 6.54. The monoisotopic (exact) mass is 431 g/mol. The number of allylic oxidation sites excluding steroid dienone is 1. The lowest BCUT2D eigenvalue weighted by Gasteiger charge is -2.17. The van der Waals surface area contributed by atoms with Crippen molar-refractivity contribution < 1.29 is 9.18 Å². The minimum absolute atomic E-state index is 0.118. The summed E-state index contributed by atoms with van der Waals surface area (Å²) >= 11 is 2.74. The van der Waals surface area contributed by atoms with Crippen LogP contribution in [0.3, 0.4) is 0 Å². The van der Waals surface area contributed by atoms with Crippen molar-refractivity contribution in [2.75, 3.05) is 5.32 Å². The van der Waals surface area contributed by atoms with Crippen LogP contribution in [0.2, 0.25) is 0 Å². The number of fused-ring (bicyclic) bond motifs is 1. The van der Waals surface area contributed by atoms with Gasteiger partial charge in [-0.2, -0.15) is 0 Å². The molecule has 0 spiro atoms. The summed E-state index contributed by atoms with van der Waals surface area (Å²) in [5.74, 6) is -0.584. The van der Waals surface area contributed by atoms with Crippen molar-refractivity contribution in [2.24, 2.45) is 0 Å². The third kappa shape index (κ3) is 4.43. The summed E-state index contributed by atoms with van der Waals surface area (Å²) < 4.78 is 14.6. The lowest BCUT2D eigenvalue weighted by molar-refractivity contribution is -0.115. The Hall–Kier alpha value is -2.45. The zero-order valence-electron chi connectivity index (χ0n) is 16.5. The lowest BCUT2D eigenvalue weighted by atomic mass is 10.2. The van der Waals surface area contributed by atoms with Gasteiger partial charge < -0.3 is 5.32 Å². The summed E-state index contributed by atoms with van der Waals surface area (Å²) in [7, 11) is 0. The molecule has 0 aliphatic heterocycles. The Morgan fingerprint density at radius 3 is 2.69 bits per heavy atom. The molecule has 0 aliphatic rings. The molecule has 5 nitrogen and oxygen atoms in total. The van der Waals surface area contributed by atoms with Crippen LogP contribution in [0.25, 0.3) is 10.2 Å². The number of nitrogens with zero attached hydrogens (tertiary/aromatic N) is 2. The van der Waals surface area contributed by atoms with Gasteiger partial charge in [0.1, 0.15) is 10.6 Å². The average Bonchev–Trinajstić information content (AvgIpc) is 2.98. The van der Waals surface area contributed by atoms with Gasteiger partial charge >= 0.3 is 0 Å². The number of anilines is 1. The predicted octanol–water partition coefficient (Wildman–Crippen LogP) is 4.91. The smallest absolute Gasteiger partial charge is 0.263 e. The van der Waals surface area contributed by atoms with Crippen LogP contribution in [0, 0.1) is 19.7 Å². The number of halogens is 1. The van der Waals surface area contributed by atoms with E-state index in [2.05, 4.69) is 11.9 Å². The van der Waals surface area contributed by atoms with Crippen molar-refractivity contribution in [3.8, 4) is 0 Å². The van der Waals surface area contributed by atoms with Crippen molar-refractivity contribution in [3.05, 3.63) is 63.5 Å². The predicted molar refractivity (Wildman–Crippen MR) is 119 cm³/mol. The number of amides is 1. The Labute approximate surface area is 176 Å². The number of benzene rings is 1. The van der Waals surface area contributed by atoms with Crippen LogP contribution in [-0.2, 0) is 11.3 Å². The molecule has 3 aromatic rings. The highest BCUT2D eigenvalue weighted by Gasteiger charge is 2.23. The Morgan fingerprint density at radius 1 is 1.38 bits per heavy atom. The minimum Gasteiger partial charge on any atom is -0.325 e.